The number of hydrogen-bond acceptors (Lipinski definition) is 1. The van der Waals surface area contributed by atoms with E-state index >= 15 is 0 Å². The van der Waals surface area contributed by atoms with E-state index in [2.05, 4.69) is 34.7 Å². The summed E-state index contributed by atoms with van der Waals surface area (Å²) in [4.78, 5) is 0. The molecule has 0 aromatic heterocycles. The third kappa shape index (κ3) is 0.972. The highest BCUT2D eigenvalue weighted by Crippen LogP contribution is 2.26. The van der Waals surface area contributed by atoms with Gasteiger partial charge in [0.1, 0.15) is 4.11 Å². The van der Waals surface area contributed by atoms with Crippen LogP contribution in [0.15, 0.2) is 24.3 Å². The summed E-state index contributed by atoms with van der Waals surface area (Å²) in [6.07, 6.45) is 0. The number of rotatable bonds is 0. The van der Waals surface area contributed by atoms with Gasteiger partial charge in [0.25, 0.3) is 0 Å². The monoisotopic (exact) mass is 243 g/mol. The average molecular weight is 243 g/mol. The maximum atomic E-state index is 5.28. The lowest BCUT2D eigenvalue weighted by Crippen LogP contribution is -2.09. The Labute approximate surface area is 74.2 Å². The molecule has 0 aliphatic carbocycles. The normalized spacial score (nSPS) is 21.9. The second-order valence-corrected chi connectivity index (χ2v) is 3.33. The van der Waals surface area contributed by atoms with Crippen LogP contribution in [0.1, 0.15) is 9.67 Å². The topological polar surface area (TPSA) is 9.23 Å². The highest BCUT2D eigenvalue weighted by atomic mass is 127. The zero-order valence-corrected chi connectivity index (χ0v) is 7.41. The summed E-state index contributed by atoms with van der Waals surface area (Å²) >= 11 is 2.27. The number of halogens is 1. The molecule has 1 unspecified atom stereocenters. The van der Waals surface area contributed by atoms with Crippen LogP contribution >= 0.6 is 22.6 Å². The van der Waals surface area contributed by atoms with Gasteiger partial charge in [-0.15, -0.1) is 0 Å². The fourth-order valence-electron chi connectivity index (χ4n) is 1.03. The Balaban J connectivity index is 2.51. The second-order valence-electron chi connectivity index (χ2n) is 2.20. The smallest absolute Gasteiger partial charge is 0.332 e. The van der Waals surface area contributed by atoms with Gasteiger partial charge in [-0.3, -0.25) is 0 Å². The van der Waals surface area contributed by atoms with Crippen molar-refractivity contribution >= 4 is 35.5 Å². The Morgan fingerprint density at radius 3 is 3.00 bits per heavy atom. The fraction of sp³-hybridized carbons (Fsp3) is 0.143. The molecule has 1 radical (unpaired) electrons. The molecule has 0 saturated heterocycles. The van der Waals surface area contributed by atoms with Crippen LogP contribution in [0.4, 0.5) is 0 Å². The molecule has 0 amide bonds. The second kappa shape index (κ2) is 2.55. The van der Waals surface area contributed by atoms with E-state index in [4.69, 9.17) is 4.65 Å². The van der Waals surface area contributed by atoms with E-state index in [0.717, 1.165) is 0 Å². The van der Waals surface area contributed by atoms with Crippen molar-refractivity contribution in [3.63, 3.8) is 0 Å². The molecule has 1 atom stereocenters. The fourth-order valence-corrected chi connectivity index (χ4v) is 1.75. The third-order valence-electron chi connectivity index (χ3n) is 1.56. The zero-order valence-electron chi connectivity index (χ0n) is 5.25. The molecule has 0 saturated carbocycles. The molecule has 1 aliphatic heterocycles. The minimum atomic E-state index is 0.216. The van der Waals surface area contributed by atoms with Crippen LogP contribution in [0.5, 0.6) is 0 Å². The number of fused-ring (bicyclic) bond motifs is 1. The van der Waals surface area contributed by atoms with Crippen LogP contribution in [0, 0.1) is 0 Å². The van der Waals surface area contributed by atoms with Gasteiger partial charge in [0, 0.05) is 0 Å². The first-order valence-electron chi connectivity index (χ1n) is 3.09. The molecule has 0 spiro atoms. The Morgan fingerprint density at radius 2 is 2.20 bits per heavy atom. The van der Waals surface area contributed by atoms with Gasteiger partial charge in [0.2, 0.25) is 0 Å². The highest BCUT2D eigenvalue weighted by molar-refractivity contribution is 14.1. The standard InChI is InChI=1S/C7H5BIO/c9-7-5-3-1-2-4-6(5)8-10-7/h1-4,7H. The lowest BCUT2D eigenvalue weighted by Gasteiger charge is -2.00. The van der Waals surface area contributed by atoms with Gasteiger partial charge in [0.15, 0.2) is 0 Å². The molecular formula is C7H5BIO. The Hall–Kier alpha value is -0.0251. The first-order valence-corrected chi connectivity index (χ1v) is 4.34. The molecule has 49 valence electrons. The molecular weight excluding hydrogens is 238 g/mol. The Morgan fingerprint density at radius 1 is 1.40 bits per heavy atom. The van der Waals surface area contributed by atoms with Gasteiger partial charge >= 0.3 is 7.48 Å². The molecule has 0 N–H and O–H groups in total. The van der Waals surface area contributed by atoms with Crippen molar-refractivity contribution in [3.8, 4) is 0 Å². The Kier molecular flexibility index (Phi) is 1.70. The molecule has 10 heavy (non-hydrogen) atoms. The van der Waals surface area contributed by atoms with E-state index in [-0.39, 0.29) is 4.11 Å². The molecule has 1 nitrogen and oxygen atoms in total. The quantitative estimate of drug-likeness (QED) is 0.380. The predicted molar refractivity (Wildman–Crippen MR) is 49.7 cm³/mol. The first kappa shape index (κ1) is 6.67. The third-order valence-corrected chi connectivity index (χ3v) is 2.52. The van der Waals surface area contributed by atoms with Crippen molar-refractivity contribution in [1.29, 1.82) is 0 Å². The molecule has 2 rings (SSSR count). The first-order chi connectivity index (χ1) is 4.88. The molecule has 1 aromatic rings. The number of hydrogen-bond donors (Lipinski definition) is 0. The summed E-state index contributed by atoms with van der Waals surface area (Å²) in [5.74, 6) is 0. The summed E-state index contributed by atoms with van der Waals surface area (Å²) in [5.41, 5.74) is 2.49. The molecule has 1 aromatic carbocycles. The lowest BCUT2D eigenvalue weighted by atomic mass is 9.88. The van der Waals surface area contributed by atoms with Crippen LogP contribution < -0.4 is 5.46 Å². The van der Waals surface area contributed by atoms with Crippen molar-refractivity contribution in [2.75, 3.05) is 0 Å². The van der Waals surface area contributed by atoms with Crippen LogP contribution in [0.3, 0.4) is 0 Å². The largest absolute Gasteiger partial charge is 0.420 e. The van der Waals surface area contributed by atoms with Crippen molar-refractivity contribution in [1.82, 2.24) is 0 Å². The number of alkyl halides is 1. The van der Waals surface area contributed by atoms with E-state index < -0.39 is 0 Å². The van der Waals surface area contributed by atoms with Gasteiger partial charge < -0.3 is 4.65 Å². The van der Waals surface area contributed by atoms with Crippen molar-refractivity contribution in [3.05, 3.63) is 29.8 Å². The SMILES string of the molecule is IC1O[B]c2ccccc21. The maximum Gasteiger partial charge on any atom is 0.332 e. The highest BCUT2D eigenvalue weighted by Gasteiger charge is 2.20. The molecule has 3 heteroatoms. The van der Waals surface area contributed by atoms with Crippen molar-refractivity contribution in [2.45, 2.75) is 4.11 Å². The van der Waals surface area contributed by atoms with Gasteiger partial charge in [-0.25, -0.2) is 0 Å². The van der Waals surface area contributed by atoms with Gasteiger partial charge in [-0.1, -0.05) is 24.3 Å². The van der Waals surface area contributed by atoms with Crippen LogP contribution in [-0.2, 0) is 4.65 Å². The summed E-state index contributed by atoms with van der Waals surface area (Å²) in [7, 11) is 1.81. The van der Waals surface area contributed by atoms with E-state index in [1.54, 1.807) is 0 Å². The minimum absolute atomic E-state index is 0.216. The van der Waals surface area contributed by atoms with Gasteiger partial charge in [-0.2, -0.15) is 0 Å². The van der Waals surface area contributed by atoms with Crippen molar-refractivity contribution < 1.29 is 4.65 Å². The minimum Gasteiger partial charge on any atom is -0.420 e. The predicted octanol–water partition coefficient (Wildman–Crippen LogP) is 1.39. The molecule has 1 heterocycles. The molecule has 0 bridgehead atoms. The molecule has 0 fully saturated rings. The van der Waals surface area contributed by atoms with Crippen LogP contribution in [0.25, 0.3) is 0 Å². The maximum absolute atomic E-state index is 5.28. The summed E-state index contributed by atoms with van der Waals surface area (Å²) in [5, 5.41) is 0. The average Bonchev–Trinajstić information content (AvgIpc) is 2.34. The molecule has 1 aliphatic rings. The van der Waals surface area contributed by atoms with E-state index in [9.17, 15) is 0 Å². The lowest BCUT2D eigenvalue weighted by molar-refractivity contribution is 0.350. The number of benzene rings is 1. The summed E-state index contributed by atoms with van der Waals surface area (Å²) in [6.45, 7) is 0. The van der Waals surface area contributed by atoms with Gasteiger partial charge in [0.05, 0.1) is 0 Å². The Bertz CT molecular complexity index is 251. The van der Waals surface area contributed by atoms with Crippen LogP contribution in [0.2, 0.25) is 0 Å². The van der Waals surface area contributed by atoms with E-state index in [1.165, 1.54) is 11.0 Å². The zero-order chi connectivity index (χ0) is 6.97. The van der Waals surface area contributed by atoms with Gasteiger partial charge in [-0.05, 0) is 33.6 Å². The summed E-state index contributed by atoms with van der Waals surface area (Å²) in [6, 6.07) is 8.21. The van der Waals surface area contributed by atoms with Crippen molar-refractivity contribution in [2.24, 2.45) is 0 Å². The van der Waals surface area contributed by atoms with Crippen LogP contribution in [-0.4, -0.2) is 7.48 Å². The summed E-state index contributed by atoms with van der Waals surface area (Å²) < 4.78 is 5.50. The van der Waals surface area contributed by atoms with E-state index in [0.29, 0.717) is 0 Å². The van der Waals surface area contributed by atoms with E-state index in [1.807, 2.05) is 19.6 Å².